The van der Waals surface area contributed by atoms with Crippen molar-refractivity contribution in [3.63, 3.8) is 0 Å². The highest BCUT2D eigenvalue weighted by molar-refractivity contribution is 7.10. The molecule has 1 aliphatic rings. The summed E-state index contributed by atoms with van der Waals surface area (Å²) in [4.78, 5) is 12.7. The van der Waals surface area contributed by atoms with E-state index in [4.69, 9.17) is 10.5 Å². The molecule has 1 amide bonds. The summed E-state index contributed by atoms with van der Waals surface area (Å²) < 4.78 is 5.36. The Morgan fingerprint density at radius 1 is 1.52 bits per heavy atom. The minimum absolute atomic E-state index is 0.0337. The van der Waals surface area contributed by atoms with Gasteiger partial charge in [0, 0.05) is 10.9 Å². The number of hydrogen-bond donors (Lipinski definition) is 3. The van der Waals surface area contributed by atoms with Crippen molar-refractivity contribution in [1.82, 2.24) is 0 Å². The Balaban J connectivity index is 1.88. The van der Waals surface area contributed by atoms with Gasteiger partial charge in [0.2, 0.25) is 0 Å². The lowest BCUT2D eigenvalue weighted by molar-refractivity contribution is -0.118. The number of carbonyl (C=O) groups excluding carboxylic acids is 1. The number of nitrogens with one attached hydrogen (secondary N) is 2. The van der Waals surface area contributed by atoms with Crippen molar-refractivity contribution in [1.29, 1.82) is 0 Å². The van der Waals surface area contributed by atoms with Crippen LogP contribution in [0.25, 0.3) is 0 Å². The van der Waals surface area contributed by atoms with Gasteiger partial charge >= 0.3 is 0 Å². The predicted octanol–water partition coefficient (Wildman–Crippen LogP) is 3.22. The molecule has 4 N–H and O–H groups in total. The summed E-state index contributed by atoms with van der Waals surface area (Å²) in [5.74, 6) is 0.463. The van der Waals surface area contributed by atoms with Gasteiger partial charge in [-0.2, -0.15) is 0 Å². The lowest BCUT2D eigenvalue weighted by atomic mass is 10.1. The molecule has 6 heteroatoms. The number of nitrogen functional groups attached to an aromatic ring is 1. The molecular formula is C15H17N3O2S. The quantitative estimate of drug-likeness (QED) is 0.758. The van der Waals surface area contributed by atoms with Crippen LogP contribution in [0.4, 0.5) is 17.1 Å². The van der Waals surface area contributed by atoms with Crippen LogP contribution < -0.4 is 21.1 Å². The standard InChI is InChI=1S/C15H17N3O2S/c1-2-10(14-4-3-5-21-14)17-11-7-12-13(6-9(11)16)20-8-15(19)18-12/h3-7,10,17H,2,8,16H2,1H3,(H,18,19). The molecule has 1 unspecified atom stereocenters. The van der Waals surface area contributed by atoms with Gasteiger partial charge in [-0.3, -0.25) is 4.79 Å². The van der Waals surface area contributed by atoms with Crippen LogP contribution in [0.3, 0.4) is 0 Å². The Morgan fingerprint density at radius 2 is 2.38 bits per heavy atom. The van der Waals surface area contributed by atoms with Gasteiger partial charge in [-0.15, -0.1) is 11.3 Å². The third-order valence-corrected chi connectivity index (χ3v) is 4.40. The average Bonchev–Trinajstić information content (AvgIpc) is 2.99. The molecule has 110 valence electrons. The van der Waals surface area contributed by atoms with Gasteiger partial charge < -0.3 is 21.1 Å². The maximum absolute atomic E-state index is 11.4. The van der Waals surface area contributed by atoms with Gasteiger partial charge in [0.05, 0.1) is 23.1 Å². The number of fused-ring (bicyclic) bond motifs is 1. The number of amides is 1. The molecule has 1 aromatic heterocycles. The Labute approximate surface area is 127 Å². The maximum atomic E-state index is 11.4. The fourth-order valence-electron chi connectivity index (χ4n) is 2.32. The van der Waals surface area contributed by atoms with Gasteiger partial charge in [0.15, 0.2) is 6.61 Å². The second-order valence-corrected chi connectivity index (χ2v) is 5.87. The van der Waals surface area contributed by atoms with Crippen molar-refractivity contribution >= 4 is 34.3 Å². The van der Waals surface area contributed by atoms with Crippen molar-refractivity contribution in [2.45, 2.75) is 19.4 Å². The van der Waals surface area contributed by atoms with Gasteiger partial charge in [-0.05, 0) is 23.9 Å². The second-order valence-electron chi connectivity index (χ2n) is 4.89. The zero-order chi connectivity index (χ0) is 14.8. The normalized spacial score (nSPS) is 14.8. The van der Waals surface area contributed by atoms with E-state index in [1.165, 1.54) is 4.88 Å². The largest absolute Gasteiger partial charge is 0.482 e. The summed E-state index contributed by atoms with van der Waals surface area (Å²) >= 11 is 1.71. The Hall–Kier alpha value is -2.21. The highest BCUT2D eigenvalue weighted by atomic mass is 32.1. The molecule has 0 radical (unpaired) electrons. The molecule has 21 heavy (non-hydrogen) atoms. The first kappa shape index (κ1) is 13.8. The Bertz CT molecular complexity index is 655. The van der Waals surface area contributed by atoms with E-state index in [0.717, 1.165) is 12.1 Å². The summed E-state index contributed by atoms with van der Waals surface area (Å²) in [6.45, 7) is 2.16. The van der Waals surface area contributed by atoms with Gasteiger partial charge in [0.1, 0.15) is 5.75 Å². The van der Waals surface area contributed by atoms with E-state index < -0.39 is 0 Å². The van der Waals surface area contributed by atoms with E-state index in [2.05, 4.69) is 29.0 Å². The lowest BCUT2D eigenvalue weighted by Crippen LogP contribution is -2.25. The fourth-order valence-corrected chi connectivity index (χ4v) is 3.18. The third-order valence-electron chi connectivity index (χ3n) is 3.41. The first-order valence-corrected chi connectivity index (χ1v) is 7.71. The van der Waals surface area contributed by atoms with Crippen molar-refractivity contribution in [3.05, 3.63) is 34.5 Å². The van der Waals surface area contributed by atoms with Crippen LogP contribution in [-0.4, -0.2) is 12.5 Å². The summed E-state index contributed by atoms with van der Waals surface area (Å²) in [6, 6.07) is 7.92. The molecule has 1 aromatic carbocycles. The van der Waals surface area contributed by atoms with Crippen molar-refractivity contribution in [2.24, 2.45) is 0 Å². The second kappa shape index (κ2) is 5.65. The van der Waals surface area contributed by atoms with Crippen LogP contribution >= 0.6 is 11.3 Å². The fraction of sp³-hybridized carbons (Fsp3) is 0.267. The van der Waals surface area contributed by atoms with E-state index in [1.54, 1.807) is 17.4 Å². The van der Waals surface area contributed by atoms with E-state index >= 15 is 0 Å². The summed E-state index contributed by atoms with van der Waals surface area (Å²) in [5.41, 5.74) is 8.16. The van der Waals surface area contributed by atoms with Crippen molar-refractivity contribution in [2.75, 3.05) is 23.0 Å². The number of benzene rings is 1. The molecule has 0 bridgehead atoms. The highest BCUT2D eigenvalue weighted by Gasteiger charge is 2.19. The number of rotatable bonds is 4. The molecule has 0 aliphatic carbocycles. The minimum Gasteiger partial charge on any atom is -0.482 e. The van der Waals surface area contributed by atoms with Crippen molar-refractivity contribution < 1.29 is 9.53 Å². The topological polar surface area (TPSA) is 76.4 Å². The molecule has 1 aliphatic heterocycles. The number of thiophene rings is 1. The molecule has 3 rings (SSSR count). The van der Waals surface area contributed by atoms with Crippen LogP contribution in [0.5, 0.6) is 5.75 Å². The number of carbonyl (C=O) groups is 1. The highest BCUT2D eigenvalue weighted by Crippen LogP contribution is 2.37. The number of anilines is 3. The van der Waals surface area contributed by atoms with Crippen molar-refractivity contribution in [3.8, 4) is 5.75 Å². The maximum Gasteiger partial charge on any atom is 0.262 e. The minimum atomic E-state index is -0.150. The Morgan fingerprint density at radius 3 is 3.10 bits per heavy atom. The van der Waals surface area contributed by atoms with Crippen LogP contribution in [0.15, 0.2) is 29.6 Å². The van der Waals surface area contributed by atoms with E-state index in [-0.39, 0.29) is 18.6 Å². The molecule has 2 heterocycles. The molecular weight excluding hydrogens is 286 g/mol. The van der Waals surface area contributed by atoms with Gasteiger partial charge in [-0.1, -0.05) is 13.0 Å². The predicted molar refractivity (Wildman–Crippen MR) is 86.0 cm³/mol. The van der Waals surface area contributed by atoms with E-state index in [0.29, 0.717) is 17.1 Å². The first-order valence-electron chi connectivity index (χ1n) is 6.83. The molecule has 0 saturated heterocycles. The monoisotopic (exact) mass is 303 g/mol. The number of nitrogens with two attached hydrogens (primary N) is 1. The van der Waals surface area contributed by atoms with E-state index in [9.17, 15) is 4.79 Å². The molecule has 0 fully saturated rings. The first-order chi connectivity index (χ1) is 10.2. The van der Waals surface area contributed by atoms with Crippen LogP contribution in [0, 0.1) is 0 Å². The number of hydrogen-bond acceptors (Lipinski definition) is 5. The zero-order valence-electron chi connectivity index (χ0n) is 11.7. The smallest absolute Gasteiger partial charge is 0.262 e. The van der Waals surface area contributed by atoms with Crippen LogP contribution in [-0.2, 0) is 4.79 Å². The lowest BCUT2D eigenvalue weighted by Gasteiger charge is -2.23. The molecule has 2 aromatic rings. The number of ether oxygens (including phenoxy) is 1. The van der Waals surface area contributed by atoms with Crippen LogP contribution in [0.2, 0.25) is 0 Å². The summed E-state index contributed by atoms with van der Waals surface area (Å²) in [6.07, 6.45) is 0.944. The van der Waals surface area contributed by atoms with Crippen LogP contribution in [0.1, 0.15) is 24.3 Å². The zero-order valence-corrected chi connectivity index (χ0v) is 12.5. The SMILES string of the molecule is CCC(Nc1cc2c(cc1N)OCC(=O)N2)c1cccs1. The molecule has 5 nitrogen and oxygen atoms in total. The molecule has 0 saturated carbocycles. The molecule has 1 atom stereocenters. The summed E-state index contributed by atoms with van der Waals surface area (Å²) in [7, 11) is 0. The third kappa shape index (κ3) is 2.80. The molecule has 0 spiro atoms. The van der Waals surface area contributed by atoms with E-state index in [1.807, 2.05) is 12.1 Å². The van der Waals surface area contributed by atoms with Gasteiger partial charge in [-0.25, -0.2) is 0 Å². The summed E-state index contributed by atoms with van der Waals surface area (Å²) in [5, 5.41) is 8.30. The Kier molecular flexibility index (Phi) is 3.70. The van der Waals surface area contributed by atoms with Gasteiger partial charge in [0.25, 0.3) is 5.91 Å². The average molecular weight is 303 g/mol.